The van der Waals surface area contributed by atoms with Crippen molar-refractivity contribution >= 4 is 35.1 Å². The molecule has 10 heteroatoms. The standard InChI is InChI=1S/C11H15N5O4.HI/c1-15-3-14-10-6(9(15)12)13-4-16(10)11-8(19)7(18)5(2-17)20-11;/h3-5,7-8,11-12,17-19H,2H2,1H3;1H/t5-,7-,8-,11-;/m1./s1. The first kappa shape index (κ1) is 16.3. The van der Waals surface area contributed by atoms with Gasteiger partial charge in [-0.3, -0.25) is 9.98 Å². The Morgan fingerprint density at radius 2 is 2.00 bits per heavy atom. The average molecular weight is 409 g/mol. The van der Waals surface area contributed by atoms with Crippen LogP contribution in [-0.2, 0) is 11.8 Å². The monoisotopic (exact) mass is 409 g/mol. The van der Waals surface area contributed by atoms with Crippen LogP contribution < -0.4 is 5.49 Å². The van der Waals surface area contributed by atoms with Crippen molar-refractivity contribution in [2.45, 2.75) is 24.5 Å². The number of nitrogens with one attached hydrogen (secondary N) is 1. The molecule has 0 bridgehead atoms. The summed E-state index contributed by atoms with van der Waals surface area (Å²) in [7, 11) is 1.68. The van der Waals surface area contributed by atoms with E-state index < -0.39 is 31.1 Å². The molecule has 0 aromatic carbocycles. The van der Waals surface area contributed by atoms with Gasteiger partial charge in [-0.2, -0.15) is 0 Å². The first-order valence-electron chi connectivity index (χ1n) is 6.09. The largest absolute Gasteiger partial charge is 0.394 e. The Bertz CT molecular complexity index is 701. The zero-order chi connectivity index (χ0) is 14.4. The summed E-state index contributed by atoms with van der Waals surface area (Å²) in [6.45, 7) is -0.395. The summed E-state index contributed by atoms with van der Waals surface area (Å²) in [6.07, 6.45) is -1.28. The van der Waals surface area contributed by atoms with Crippen LogP contribution in [0.2, 0.25) is 0 Å². The van der Waals surface area contributed by atoms with Crippen molar-refractivity contribution in [1.29, 1.82) is 5.41 Å². The second-order valence-corrected chi connectivity index (χ2v) is 4.76. The van der Waals surface area contributed by atoms with Crippen molar-refractivity contribution in [2.24, 2.45) is 7.05 Å². The number of ether oxygens (including phenoxy) is 1. The molecule has 1 saturated heterocycles. The van der Waals surface area contributed by atoms with Crippen LogP contribution in [0.5, 0.6) is 0 Å². The van der Waals surface area contributed by atoms with Gasteiger partial charge >= 0.3 is 0 Å². The molecule has 0 spiro atoms. The van der Waals surface area contributed by atoms with Crippen LogP contribution in [0.25, 0.3) is 11.2 Å². The summed E-state index contributed by atoms with van der Waals surface area (Å²) in [5.74, 6) is 0. The maximum atomic E-state index is 10.00. The number of imidazole rings is 1. The Morgan fingerprint density at radius 3 is 2.62 bits per heavy atom. The molecule has 3 heterocycles. The number of rotatable bonds is 2. The molecule has 0 radical (unpaired) electrons. The van der Waals surface area contributed by atoms with E-state index in [0.717, 1.165) is 0 Å². The summed E-state index contributed by atoms with van der Waals surface area (Å²) >= 11 is 0. The van der Waals surface area contributed by atoms with E-state index in [4.69, 9.17) is 15.3 Å². The molecule has 2 aromatic heterocycles. The van der Waals surface area contributed by atoms with Crippen LogP contribution in [-0.4, -0.2) is 59.3 Å². The second kappa shape index (κ2) is 5.96. The van der Waals surface area contributed by atoms with E-state index in [-0.39, 0.29) is 29.5 Å². The Kier molecular flexibility index (Phi) is 4.63. The quantitative estimate of drug-likeness (QED) is 0.446. The number of hydrogen-bond acceptors (Lipinski definition) is 7. The number of aliphatic hydroxyl groups is 3. The minimum absolute atomic E-state index is 0. The van der Waals surface area contributed by atoms with E-state index in [0.29, 0.717) is 11.2 Å². The Morgan fingerprint density at radius 1 is 1.29 bits per heavy atom. The molecule has 2 aromatic rings. The van der Waals surface area contributed by atoms with Gasteiger partial charge in [0.05, 0.1) is 19.3 Å². The molecule has 21 heavy (non-hydrogen) atoms. The van der Waals surface area contributed by atoms with Crippen LogP contribution in [0.15, 0.2) is 12.7 Å². The molecule has 0 aliphatic carbocycles. The fourth-order valence-electron chi connectivity index (χ4n) is 2.31. The highest BCUT2D eigenvalue weighted by Crippen LogP contribution is 2.30. The van der Waals surface area contributed by atoms with Crippen molar-refractivity contribution in [1.82, 2.24) is 19.1 Å². The molecule has 1 aliphatic heterocycles. The Balaban J connectivity index is 0.00000161. The number of nitrogens with zero attached hydrogens (tertiary/aromatic N) is 4. The molecular formula is C11H16IN5O4. The second-order valence-electron chi connectivity index (χ2n) is 4.76. The molecule has 0 saturated carbocycles. The third-order valence-electron chi connectivity index (χ3n) is 3.49. The van der Waals surface area contributed by atoms with Crippen molar-refractivity contribution in [3.63, 3.8) is 0 Å². The summed E-state index contributed by atoms with van der Waals surface area (Å²) in [5, 5.41) is 36.8. The van der Waals surface area contributed by atoms with Crippen LogP contribution in [0.1, 0.15) is 6.23 Å². The normalized spacial score (nSPS) is 28.8. The summed E-state index contributed by atoms with van der Waals surface area (Å²) in [5.41, 5.74) is 0.927. The average Bonchev–Trinajstić information content (AvgIpc) is 2.98. The lowest BCUT2D eigenvalue weighted by atomic mass is 10.1. The van der Waals surface area contributed by atoms with Gasteiger partial charge in [0.2, 0.25) is 0 Å². The van der Waals surface area contributed by atoms with Crippen LogP contribution in [0.4, 0.5) is 0 Å². The molecule has 116 valence electrons. The van der Waals surface area contributed by atoms with Crippen molar-refractivity contribution < 1.29 is 20.1 Å². The first-order valence-corrected chi connectivity index (χ1v) is 6.09. The van der Waals surface area contributed by atoms with E-state index in [1.807, 2.05) is 0 Å². The topological polar surface area (TPSA) is 129 Å². The smallest absolute Gasteiger partial charge is 0.167 e. The number of halogens is 1. The third kappa shape index (κ3) is 2.46. The van der Waals surface area contributed by atoms with Gasteiger partial charge in [0.15, 0.2) is 17.4 Å². The lowest BCUT2D eigenvalue weighted by molar-refractivity contribution is -0.0511. The Labute approximate surface area is 136 Å². The maximum absolute atomic E-state index is 10.00. The van der Waals surface area contributed by atoms with Crippen LogP contribution in [0, 0.1) is 5.41 Å². The molecule has 9 nitrogen and oxygen atoms in total. The van der Waals surface area contributed by atoms with E-state index in [1.54, 1.807) is 7.05 Å². The van der Waals surface area contributed by atoms with Gasteiger partial charge in [-0.05, 0) is 0 Å². The molecule has 4 N–H and O–H groups in total. The fraction of sp³-hybridized carbons (Fsp3) is 0.545. The van der Waals surface area contributed by atoms with Gasteiger partial charge in [0.25, 0.3) is 0 Å². The number of aliphatic hydroxyl groups excluding tert-OH is 3. The highest BCUT2D eigenvalue weighted by atomic mass is 127. The van der Waals surface area contributed by atoms with Crippen molar-refractivity contribution in [3.8, 4) is 0 Å². The number of hydrogen-bond donors (Lipinski definition) is 4. The zero-order valence-electron chi connectivity index (χ0n) is 11.1. The van der Waals surface area contributed by atoms with Gasteiger partial charge < -0.3 is 24.6 Å². The summed E-state index contributed by atoms with van der Waals surface area (Å²) in [6, 6.07) is 0. The third-order valence-corrected chi connectivity index (χ3v) is 3.49. The Hall–Kier alpha value is -1.08. The van der Waals surface area contributed by atoms with E-state index >= 15 is 0 Å². The molecule has 1 aliphatic rings. The van der Waals surface area contributed by atoms with Gasteiger partial charge in [-0.25, -0.2) is 9.97 Å². The van der Waals surface area contributed by atoms with Crippen molar-refractivity contribution in [3.05, 3.63) is 18.1 Å². The number of aromatic nitrogens is 4. The number of fused-ring (bicyclic) bond motifs is 1. The van der Waals surface area contributed by atoms with Gasteiger partial charge in [-0.15, -0.1) is 24.0 Å². The predicted octanol–water partition coefficient (Wildman–Crippen LogP) is -1.52. The molecule has 4 atom stereocenters. The van der Waals surface area contributed by atoms with Crippen molar-refractivity contribution in [2.75, 3.05) is 6.61 Å². The van der Waals surface area contributed by atoms with E-state index in [1.165, 1.54) is 21.8 Å². The molecule has 1 fully saturated rings. The number of aryl methyl sites for hydroxylation is 1. The maximum Gasteiger partial charge on any atom is 0.167 e. The minimum atomic E-state index is -1.20. The molecule has 3 rings (SSSR count). The first-order chi connectivity index (χ1) is 9.54. The molecule has 0 unspecified atom stereocenters. The van der Waals surface area contributed by atoms with Gasteiger partial charge in [-0.1, -0.05) is 0 Å². The fourth-order valence-corrected chi connectivity index (χ4v) is 2.31. The van der Waals surface area contributed by atoms with E-state index in [2.05, 4.69) is 9.97 Å². The SMILES string of the molecule is Cn1cnc2c(ncn2[C@@H]2O[C@H](CO)[C@@H](O)[C@H]2O)c1=N.I. The van der Waals surface area contributed by atoms with Gasteiger partial charge in [0.1, 0.15) is 23.8 Å². The minimum Gasteiger partial charge on any atom is -0.394 e. The molecular weight excluding hydrogens is 393 g/mol. The summed E-state index contributed by atoms with van der Waals surface area (Å²) < 4.78 is 8.39. The molecule has 0 amide bonds. The van der Waals surface area contributed by atoms with Crippen LogP contribution >= 0.6 is 24.0 Å². The highest BCUT2D eigenvalue weighted by Gasteiger charge is 2.43. The van der Waals surface area contributed by atoms with E-state index in [9.17, 15) is 10.2 Å². The summed E-state index contributed by atoms with van der Waals surface area (Å²) in [4.78, 5) is 8.26. The highest BCUT2D eigenvalue weighted by molar-refractivity contribution is 14.0. The lowest BCUT2D eigenvalue weighted by Gasteiger charge is -2.16. The van der Waals surface area contributed by atoms with Crippen LogP contribution in [0.3, 0.4) is 0 Å². The zero-order valence-corrected chi connectivity index (χ0v) is 13.4. The van der Waals surface area contributed by atoms with Gasteiger partial charge in [0, 0.05) is 7.05 Å². The predicted molar refractivity (Wildman–Crippen MR) is 80.8 cm³/mol. The lowest BCUT2D eigenvalue weighted by Crippen LogP contribution is -2.33.